The van der Waals surface area contributed by atoms with E-state index in [1.165, 1.54) is 10.6 Å². The molecule has 1 aliphatic heterocycles. The zero-order chi connectivity index (χ0) is 8.27. The average molecular weight is 157 g/mol. The van der Waals surface area contributed by atoms with Crippen molar-refractivity contribution in [2.75, 3.05) is 13.2 Å². The van der Waals surface area contributed by atoms with Crippen LogP contribution in [0.1, 0.15) is 26.2 Å². The van der Waals surface area contributed by atoms with E-state index in [4.69, 9.17) is 5.11 Å². The fourth-order valence-corrected chi connectivity index (χ4v) is 1.44. The van der Waals surface area contributed by atoms with E-state index in [1.807, 2.05) is 6.92 Å². The smallest absolute Gasteiger partial charge is 0.0486 e. The van der Waals surface area contributed by atoms with Crippen LogP contribution in [0.15, 0.2) is 11.3 Å². The number of allylic oxidation sites excluding steroid dienone is 1. The molecule has 0 radical (unpaired) electrons. The van der Waals surface area contributed by atoms with Crippen LogP contribution in [0.5, 0.6) is 0 Å². The molecule has 0 saturated heterocycles. The fourth-order valence-electron chi connectivity index (χ4n) is 1.44. The highest BCUT2D eigenvalue weighted by atomic mass is 16.5. The first kappa shape index (κ1) is 8.56. The van der Waals surface area contributed by atoms with Crippen molar-refractivity contribution in [3.8, 4) is 0 Å². The maximum Gasteiger partial charge on any atom is 0.0486 e. The number of hydrogen-bond acceptors (Lipinski definition) is 3. The molecule has 1 aliphatic rings. The van der Waals surface area contributed by atoms with Gasteiger partial charge in [0.2, 0.25) is 0 Å². The quantitative estimate of drug-likeness (QED) is 0.631. The molecule has 0 aromatic rings. The Morgan fingerprint density at radius 2 is 2.27 bits per heavy atom. The molecule has 64 valence electrons. The SMILES string of the molecule is CC1=C(CCO)N(O)CCC1. The Morgan fingerprint density at radius 3 is 2.82 bits per heavy atom. The number of hydroxylamine groups is 2. The van der Waals surface area contributed by atoms with Crippen LogP contribution in [0.25, 0.3) is 0 Å². The van der Waals surface area contributed by atoms with Gasteiger partial charge in [0.15, 0.2) is 0 Å². The van der Waals surface area contributed by atoms with E-state index >= 15 is 0 Å². The summed E-state index contributed by atoms with van der Waals surface area (Å²) in [4.78, 5) is 0. The third-order valence-corrected chi connectivity index (χ3v) is 2.07. The standard InChI is InChI=1S/C8H15NO2/c1-7-3-2-5-9(11)8(7)4-6-10/h10-11H,2-6H2,1H3. The maximum atomic E-state index is 9.33. The molecule has 0 spiro atoms. The molecule has 3 heteroatoms. The first-order valence-corrected chi connectivity index (χ1v) is 4.01. The lowest BCUT2D eigenvalue weighted by Crippen LogP contribution is -2.25. The van der Waals surface area contributed by atoms with Gasteiger partial charge in [-0.25, -0.2) is 0 Å². The number of nitrogens with zero attached hydrogens (tertiary/aromatic N) is 1. The van der Waals surface area contributed by atoms with Crippen LogP contribution in [-0.2, 0) is 0 Å². The molecule has 0 bridgehead atoms. The van der Waals surface area contributed by atoms with Gasteiger partial charge in [-0.15, -0.1) is 0 Å². The van der Waals surface area contributed by atoms with Crippen LogP contribution < -0.4 is 0 Å². The van der Waals surface area contributed by atoms with Crippen molar-refractivity contribution in [1.82, 2.24) is 5.06 Å². The second kappa shape index (κ2) is 3.74. The molecular weight excluding hydrogens is 142 g/mol. The fraction of sp³-hybridized carbons (Fsp3) is 0.750. The van der Waals surface area contributed by atoms with Crippen molar-refractivity contribution in [3.05, 3.63) is 11.3 Å². The van der Waals surface area contributed by atoms with Gasteiger partial charge >= 0.3 is 0 Å². The summed E-state index contributed by atoms with van der Waals surface area (Å²) in [5.41, 5.74) is 2.10. The second-order valence-corrected chi connectivity index (χ2v) is 2.93. The second-order valence-electron chi connectivity index (χ2n) is 2.93. The zero-order valence-electron chi connectivity index (χ0n) is 6.88. The first-order valence-electron chi connectivity index (χ1n) is 4.01. The van der Waals surface area contributed by atoms with E-state index in [2.05, 4.69) is 0 Å². The summed E-state index contributed by atoms with van der Waals surface area (Å²) in [5.74, 6) is 0. The van der Waals surface area contributed by atoms with Crippen LogP contribution in [0.2, 0.25) is 0 Å². The van der Waals surface area contributed by atoms with Crippen molar-refractivity contribution in [3.63, 3.8) is 0 Å². The molecule has 1 rings (SSSR count). The molecule has 0 aromatic carbocycles. The largest absolute Gasteiger partial charge is 0.396 e. The predicted molar refractivity (Wildman–Crippen MR) is 42.1 cm³/mol. The lowest BCUT2D eigenvalue weighted by molar-refractivity contribution is -0.0669. The van der Waals surface area contributed by atoms with Crippen molar-refractivity contribution < 1.29 is 10.3 Å². The summed E-state index contributed by atoms with van der Waals surface area (Å²) in [7, 11) is 0. The average Bonchev–Trinajstić information content (AvgIpc) is 1.97. The Balaban J connectivity index is 2.66. The Bertz CT molecular complexity index is 165. The Labute approximate surface area is 66.9 Å². The van der Waals surface area contributed by atoms with Gasteiger partial charge in [0.1, 0.15) is 0 Å². The minimum atomic E-state index is 0.115. The van der Waals surface area contributed by atoms with E-state index in [0.29, 0.717) is 13.0 Å². The Kier molecular flexibility index (Phi) is 2.91. The molecule has 0 aromatic heterocycles. The Morgan fingerprint density at radius 1 is 1.55 bits per heavy atom. The first-order chi connectivity index (χ1) is 5.25. The molecule has 11 heavy (non-hydrogen) atoms. The lowest BCUT2D eigenvalue weighted by Gasteiger charge is -2.26. The van der Waals surface area contributed by atoms with E-state index in [0.717, 1.165) is 18.5 Å². The third kappa shape index (κ3) is 1.94. The summed E-state index contributed by atoms with van der Waals surface area (Å²) < 4.78 is 0. The van der Waals surface area contributed by atoms with Crippen LogP contribution >= 0.6 is 0 Å². The zero-order valence-corrected chi connectivity index (χ0v) is 6.88. The van der Waals surface area contributed by atoms with Gasteiger partial charge in [-0.1, -0.05) is 5.57 Å². The highest BCUT2D eigenvalue weighted by molar-refractivity contribution is 5.12. The van der Waals surface area contributed by atoms with Crippen molar-refractivity contribution in [1.29, 1.82) is 0 Å². The van der Waals surface area contributed by atoms with E-state index in [1.54, 1.807) is 0 Å². The number of rotatable bonds is 2. The molecule has 0 fully saturated rings. The van der Waals surface area contributed by atoms with E-state index < -0.39 is 0 Å². The lowest BCUT2D eigenvalue weighted by atomic mass is 10.0. The van der Waals surface area contributed by atoms with E-state index in [-0.39, 0.29) is 6.61 Å². The van der Waals surface area contributed by atoms with Crippen LogP contribution in [-0.4, -0.2) is 28.5 Å². The summed E-state index contributed by atoms with van der Waals surface area (Å²) in [6, 6.07) is 0. The van der Waals surface area contributed by atoms with Crippen molar-refractivity contribution in [2.24, 2.45) is 0 Å². The number of hydrogen-bond donors (Lipinski definition) is 2. The molecule has 3 nitrogen and oxygen atoms in total. The van der Waals surface area contributed by atoms with Gasteiger partial charge in [0.25, 0.3) is 0 Å². The third-order valence-electron chi connectivity index (χ3n) is 2.07. The van der Waals surface area contributed by atoms with E-state index in [9.17, 15) is 5.21 Å². The molecule has 0 atom stereocenters. The van der Waals surface area contributed by atoms with Gasteiger partial charge < -0.3 is 5.11 Å². The monoisotopic (exact) mass is 157 g/mol. The van der Waals surface area contributed by atoms with Crippen LogP contribution in [0.3, 0.4) is 0 Å². The number of aliphatic hydroxyl groups excluding tert-OH is 1. The summed E-state index contributed by atoms with van der Waals surface area (Å²) in [6.07, 6.45) is 2.63. The van der Waals surface area contributed by atoms with Crippen LogP contribution in [0.4, 0.5) is 0 Å². The molecule has 0 unspecified atom stereocenters. The van der Waals surface area contributed by atoms with Gasteiger partial charge in [0, 0.05) is 25.3 Å². The normalized spacial score (nSPS) is 19.4. The van der Waals surface area contributed by atoms with Gasteiger partial charge in [0.05, 0.1) is 0 Å². The topological polar surface area (TPSA) is 43.7 Å². The highest BCUT2D eigenvalue weighted by Crippen LogP contribution is 2.21. The van der Waals surface area contributed by atoms with Gasteiger partial charge in [-0.2, -0.15) is 0 Å². The molecule has 0 saturated carbocycles. The van der Waals surface area contributed by atoms with Gasteiger partial charge in [-0.05, 0) is 19.8 Å². The highest BCUT2D eigenvalue weighted by Gasteiger charge is 2.14. The number of aliphatic hydroxyl groups is 1. The minimum absolute atomic E-state index is 0.115. The van der Waals surface area contributed by atoms with Crippen molar-refractivity contribution >= 4 is 0 Å². The summed E-state index contributed by atoms with van der Waals surface area (Å²) >= 11 is 0. The summed E-state index contributed by atoms with van der Waals surface area (Å²) in [6.45, 7) is 2.82. The van der Waals surface area contributed by atoms with Crippen LogP contribution in [0, 0.1) is 0 Å². The summed E-state index contributed by atoms with van der Waals surface area (Å²) in [5, 5.41) is 19.3. The molecular formula is C8H15NO2. The molecule has 0 aliphatic carbocycles. The molecule has 0 amide bonds. The van der Waals surface area contributed by atoms with Crippen molar-refractivity contribution in [2.45, 2.75) is 26.2 Å². The minimum Gasteiger partial charge on any atom is -0.396 e. The van der Waals surface area contributed by atoms with Gasteiger partial charge in [-0.3, -0.25) is 10.3 Å². The molecule has 1 heterocycles. The maximum absolute atomic E-state index is 9.33. The molecule has 2 N–H and O–H groups in total. The predicted octanol–water partition coefficient (Wildman–Crippen LogP) is 1.13. The Hall–Kier alpha value is -0.540.